The second-order valence-corrected chi connectivity index (χ2v) is 6.91. The van der Waals surface area contributed by atoms with Crippen LogP contribution in [0.3, 0.4) is 0 Å². The molecule has 0 spiro atoms. The van der Waals surface area contributed by atoms with E-state index in [0.717, 1.165) is 31.6 Å². The molecule has 2 atom stereocenters. The number of hydrogen-bond donors (Lipinski definition) is 0. The lowest BCUT2D eigenvalue weighted by Crippen LogP contribution is -2.54. The van der Waals surface area contributed by atoms with Gasteiger partial charge in [0.2, 0.25) is 0 Å². The third kappa shape index (κ3) is 2.96. The van der Waals surface area contributed by atoms with Crippen LogP contribution in [0.5, 0.6) is 0 Å². The molecule has 3 heterocycles. The van der Waals surface area contributed by atoms with Gasteiger partial charge in [-0.25, -0.2) is 4.79 Å². The minimum atomic E-state index is -0.407. The topological polar surface area (TPSA) is 58.8 Å². The Balaban J connectivity index is 1.42. The van der Waals surface area contributed by atoms with E-state index < -0.39 is 5.97 Å². The van der Waals surface area contributed by atoms with Crippen LogP contribution in [0.15, 0.2) is 10.7 Å². The Labute approximate surface area is 136 Å². The van der Waals surface area contributed by atoms with Gasteiger partial charge in [-0.3, -0.25) is 4.90 Å². The van der Waals surface area contributed by atoms with Gasteiger partial charge in [0, 0.05) is 25.2 Å². The molecule has 2 unspecified atom stereocenters. The molecule has 0 bridgehead atoms. The molecule has 23 heavy (non-hydrogen) atoms. The number of fused-ring (bicyclic) bond motifs is 1. The molecule has 0 aromatic carbocycles. The van der Waals surface area contributed by atoms with E-state index >= 15 is 0 Å². The molecule has 1 aliphatic carbocycles. The summed E-state index contributed by atoms with van der Waals surface area (Å²) < 4.78 is 10.5. The molecule has 3 fully saturated rings. The number of oxazole rings is 1. The Morgan fingerprint density at radius 2 is 2.22 bits per heavy atom. The summed E-state index contributed by atoms with van der Waals surface area (Å²) in [6, 6.07) is 2.15. The molecule has 6 heteroatoms. The summed E-state index contributed by atoms with van der Waals surface area (Å²) >= 11 is 0. The van der Waals surface area contributed by atoms with Crippen molar-refractivity contribution in [3.8, 4) is 0 Å². The minimum Gasteiger partial charge on any atom is -0.461 e. The van der Waals surface area contributed by atoms with Crippen molar-refractivity contribution in [3.05, 3.63) is 12.0 Å². The lowest BCUT2D eigenvalue weighted by molar-refractivity contribution is 0.0519. The molecule has 126 valence electrons. The van der Waals surface area contributed by atoms with Crippen molar-refractivity contribution in [2.45, 2.75) is 51.1 Å². The number of esters is 1. The van der Waals surface area contributed by atoms with E-state index in [1.165, 1.54) is 38.5 Å². The molecule has 0 amide bonds. The highest BCUT2D eigenvalue weighted by Crippen LogP contribution is 2.39. The second-order valence-electron chi connectivity index (χ2n) is 6.91. The molecule has 0 radical (unpaired) electrons. The number of carbonyl (C=O) groups excluding carboxylic acids is 1. The standard InChI is InChI=1S/C17H25N3O3/c1-2-22-16(21)14-11-23-17(18-14)19-9-7-15-12(10-19)4-3-8-20(15)13-5-6-13/h11-13,15H,2-10H2,1H3. The van der Waals surface area contributed by atoms with Crippen molar-refractivity contribution in [2.75, 3.05) is 31.1 Å². The molecule has 1 aromatic heterocycles. The minimum absolute atomic E-state index is 0.271. The summed E-state index contributed by atoms with van der Waals surface area (Å²) in [6.07, 6.45) is 7.93. The zero-order chi connectivity index (χ0) is 15.8. The van der Waals surface area contributed by atoms with E-state index in [1.807, 2.05) is 0 Å². The molecular formula is C17H25N3O3. The molecule has 1 saturated carbocycles. The van der Waals surface area contributed by atoms with Crippen LogP contribution < -0.4 is 4.90 Å². The number of carbonyl (C=O) groups is 1. The number of anilines is 1. The molecular weight excluding hydrogens is 294 g/mol. The summed E-state index contributed by atoms with van der Waals surface area (Å²) in [5, 5.41) is 0. The van der Waals surface area contributed by atoms with Gasteiger partial charge in [0.1, 0.15) is 6.26 Å². The quantitative estimate of drug-likeness (QED) is 0.794. The highest BCUT2D eigenvalue weighted by molar-refractivity contribution is 5.87. The Morgan fingerprint density at radius 3 is 3.00 bits per heavy atom. The number of hydrogen-bond acceptors (Lipinski definition) is 6. The van der Waals surface area contributed by atoms with E-state index in [2.05, 4.69) is 14.8 Å². The highest BCUT2D eigenvalue weighted by Gasteiger charge is 2.42. The van der Waals surface area contributed by atoms with Gasteiger partial charge in [0.15, 0.2) is 5.69 Å². The first-order chi connectivity index (χ1) is 11.3. The maximum Gasteiger partial charge on any atom is 0.360 e. The van der Waals surface area contributed by atoms with Crippen LogP contribution in [0.4, 0.5) is 6.01 Å². The third-order valence-electron chi connectivity index (χ3n) is 5.37. The van der Waals surface area contributed by atoms with Gasteiger partial charge < -0.3 is 14.1 Å². The summed E-state index contributed by atoms with van der Waals surface area (Å²) in [5.74, 6) is 0.283. The molecule has 3 aliphatic rings. The predicted octanol–water partition coefficient (Wildman–Crippen LogP) is 2.30. The van der Waals surface area contributed by atoms with Crippen molar-refractivity contribution in [1.29, 1.82) is 0 Å². The second kappa shape index (κ2) is 6.15. The fourth-order valence-corrected chi connectivity index (χ4v) is 4.18. The van der Waals surface area contributed by atoms with Crippen LogP contribution >= 0.6 is 0 Å². The van der Waals surface area contributed by atoms with Gasteiger partial charge in [-0.15, -0.1) is 0 Å². The fourth-order valence-electron chi connectivity index (χ4n) is 4.18. The first-order valence-corrected chi connectivity index (χ1v) is 8.89. The number of nitrogens with zero attached hydrogens (tertiary/aromatic N) is 3. The number of piperidine rings is 2. The van der Waals surface area contributed by atoms with E-state index in [1.54, 1.807) is 6.92 Å². The Morgan fingerprint density at radius 1 is 1.35 bits per heavy atom. The summed E-state index contributed by atoms with van der Waals surface area (Å²) in [4.78, 5) is 21.0. The van der Waals surface area contributed by atoms with Crippen LogP contribution in [0.25, 0.3) is 0 Å². The van der Waals surface area contributed by atoms with Gasteiger partial charge >= 0.3 is 5.97 Å². The van der Waals surface area contributed by atoms with Crippen molar-refractivity contribution in [3.63, 3.8) is 0 Å². The van der Waals surface area contributed by atoms with Gasteiger partial charge in [-0.1, -0.05) is 0 Å². The van der Waals surface area contributed by atoms with E-state index in [-0.39, 0.29) is 5.69 Å². The van der Waals surface area contributed by atoms with Crippen LogP contribution in [0.1, 0.15) is 49.5 Å². The van der Waals surface area contributed by atoms with Crippen LogP contribution in [-0.4, -0.2) is 54.2 Å². The highest BCUT2D eigenvalue weighted by atomic mass is 16.5. The monoisotopic (exact) mass is 319 g/mol. The number of ether oxygens (including phenoxy) is 1. The fraction of sp³-hybridized carbons (Fsp3) is 0.765. The average Bonchev–Trinajstić information content (AvgIpc) is 3.30. The van der Waals surface area contributed by atoms with E-state index in [9.17, 15) is 4.79 Å². The zero-order valence-electron chi connectivity index (χ0n) is 13.7. The predicted molar refractivity (Wildman–Crippen MR) is 85.5 cm³/mol. The molecule has 2 saturated heterocycles. The van der Waals surface area contributed by atoms with Crippen molar-refractivity contribution >= 4 is 12.0 Å². The van der Waals surface area contributed by atoms with Crippen LogP contribution in [0, 0.1) is 5.92 Å². The largest absolute Gasteiger partial charge is 0.461 e. The SMILES string of the molecule is CCOC(=O)c1coc(N2CCC3C(CCCN3C3CC3)C2)n1. The maximum atomic E-state index is 11.7. The smallest absolute Gasteiger partial charge is 0.360 e. The van der Waals surface area contributed by atoms with Crippen LogP contribution in [-0.2, 0) is 4.74 Å². The van der Waals surface area contributed by atoms with Gasteiger partial charge in [0.25, 0.3) is 6.01 Å². The van der Waals surface area contributed by atoms with Gasteiger partial charge in [-0.05, 0) is 51.5 Å². The van der Waals surface area contributed by atoms with E-state index in [4.69, 9.17) is 9.15 Å². The third-order valence-corrected chi connectivity index (χ3v) is 5.37. The van der Waals surface area contributed by atoms with E-state index in [0.29, 0.717) is 18.5 Å². The molecule has 0 N–H and O–H groups in total. The molecule has 2 aliphatic heterocycles. The number of likely N-dealkylation sites (tertiary alicyclic amines) is 1. The maximum absolute atomic E-state index is 11.7. The first-order valence-electron chi connectivity index (χ1n) is 8.89. The number of aromatic nitrogens is 1. The van der Waals surface area contributed by atoms with Gasteiger partial charge in [0.05, 0.1) is 6.61 Å². The first kappa shape index (κ1) is 15.0. The van der Waals surface area contributed by atoms with Crippen molar-refractivity contribution in [2.24, 2.45) is 5.92 Å². The Hall–Kier alpha value is -1.56. The Bertz CT molecular complexity index is 569. The molecule has 4 rings (SSSR count). The lowest BCUT2D eigenvalue weighted by atomic mass is 9.84. The number of rotatable bonds is 4. The summed E-state index contributed by atoms with van der Waals surface area (Å²) in [5.41, 5.74) is 0.271. The molecule has 6 nitrogen and oxygen atoms in total. The van der Waals surface area contributed by atoms with Crippen LogP contribution in [0.2, 0.25) is 0 Å². The average molecular weight is 319 g/mol. The Kier molecular flexibility index (Phi) is 4.01. The lowest BCUT2D eigenvalue weighted by Gasteiger charge is -2.47. The van der Waals surface area contributed by atoms with Crippen molar-refractivity contribution < 1.29 is 13.9 Å². The summed E-state index contributed by atoms with van der Waals surface area (Å²) in [7, 11) is 0. The van der Waals surface area contributed by atoms with Crippen molar-refractivity contribution in [1.82, 2.24) is 9.88 Å². The molecule has 1 aromatic rings. The normalized spacial score (nSPS) is 28.5. The summed E-state index contributed by atoms with van der Waals surface area (Å²) in [6.45, 7) is 5.35. The zero-order valence-corrected chi connectivity index (χ0v) is 13.7. The van der Waals surface area contributed by atoms with Gasteiger partial charge in [-0.2, -0.15) is 4.98 Å².